The molecular weight excluding hydrogens is 412 g/mol. The van der Waals surface area contributed by atoms with Crippen molar-refractivity contribution in [3.63, 3.8) is 0 Å². The lowest BCUT2D eigenvalue weighted by Crippen LogP contribution is -2.24. The molecule has 0 saturated heterocycles. The van der Waals surface area contributed by atoms with E-state index >= 15 is 0 Å². The summed E-state index contributed by atoms with van der Waals surface area (Å²) in [6, 6.07) is 24.8. The summed E-state index contributed by atoms with van der Waals surface area (Å²) in [4.78, 5) is 12.6. The van der Waals surface area contributed by atoms with Gasteiger partial charge in [0.2, 0.25) is 5.91 Å². The minimum Gasteiger partial charge on any atom is -0.508 e. The molecule has 3 aromatic carbocycles. The number of aromatic nitrogens is 2. The number of carbonyl (C=O) groups excluding carboxylic acids is 1. The van der Waals surface area contributed by atoms with E-state index in [0.717, 1.165) is 33.8 Å². The topological polar surface area (TPSA) is 70.7 Å². The Hall–Kier alpha value is -4.19. The number of aryl methyl sites for hydroxylation is 1. The van der Waals surface area contributed by atoms with E-state index in [1.807, 2.05) is 47.3 Å². The molecule has 4 aromatic rings. The molecule has 0 fully saturated rings. The standard InChI is InChI=1S/C27H24N4O2/c1-18-11-13-20(14-12-18)27-24(17-30(29-27)22-8-4-3-5-9-22)26-16-25(28-31(26)19(2)32)21-7-6-10-23(33)15-21/h3-15,17,26,33H,16H2,1-2H3/t26-/m0/s1. The maximum Gasteiger partial charge on any atom is 0.240 e. The molecule has 6 heteroatoms. The van der Waals surface area contributed by atoms with Crippen LogP contribution in [0.1, 0.15) is 36.1 Å². The summed E-state index contributed by atoms with van der Waals surface area (Å²) in [5.74, 6) is 0.0303. The first kappa shape index (κ1) is 20.7. The number of nitrogens with zero attached hydrogens (tertiary/aromatic N) is 4. The van der Waals surface area contributed by atoms with Gasteiger partial charge in [-0.25, -0.2) is 9.69 Å². The predicted molar refractivity (Wildman–Crippen MR) is 128 cm³/mol. The Morgan fingerprint density at radius 2 is 1.73 bits per heavy atom. The Morgan fingerprint density at radius 3 is 2.42 bits per heavy atom. The molecule has 0 saturated carbocycles. The van der Waals surface area contributed by atoms with Gasteiger partial charge in [0.25, 0.3) is 0 Å². The fourth-order valence-corrected chi connectivity index (χ4v) is 4.18. The van der Waals surface area contributed by atoms with Gasteiger partial charge in [0.15, 0.2) is 0 Å². The number of hydrogen-bond acceptors (Lipinski definition) is 4. The third kappa shape index (κ3) is 4.03. The lowest BCUT2D eigenvalue weighted by molar-refractivity contribution is -0.130. The Morgan fingerprint density at radius 1 is 0.970 bits per heavy atom. The molecule has 0 aliphatic carbocycles. The summed E-state index contributed by atoms with van der Waals surface area (Å²) in [6.07, 6.45) is 2.52. The van der Waals surface area contributed by atoms with Gasteiger partial charge >= 0.3 is 0 Å². The van der Waals surface area contributed by atoms with E-state index < -0.39 is 0 Å². The maximum atomic E-state index is 12.6. The Bertz CT molecular complexity index is 1340. The summed E-state index contributed by atoms with van der Waals surface area (Å²) < 4.78 is 1.86. The smallest absolute Gasteiger partial charge is 0.240 e. The SMILES string of the molecule is CC(=O)N1N=C(c2cccc(O)c2)C[C@H]1c1cn(-c2ccccc2)nc1-c1ccc(C)cc1. The molecule has 0 unspecified atom stereocenters. The van der Waals surface area contributed by atoms with Crippen molar-refractivity contribution in [3.8, 4) is 22.7 Å². The molecule has 2 heterocycles. The van der Waals surface area contributed by atoms with E-state index in [-0.39, 0.29) is 17.7 Å². The average Bonchev–Trinajstić information content (AvgIpc) is 3.45. The number of carbonyl (C=O) groups is 1. The first-order valence-electron chi connectivity index (χ1n) is 10.9. The van der Waals surface area contributed by atoms with E-state index in [9.17, 15) is 9.90 Å². The van der Waals surface area contributed by atoms with Crippen molar-refractivity contribution in [2.24, 2.45) is 5.10 Å². The quantitative estimate of drug-likeness (QED) is 0.475. The van der Waals surface area contributed by atoms with Crippen LogP contribution in [0.15, 0.2) is 90.2 Å². The summed E-state index contributed by atoms with van der Waals surface area (Å²) in [7, 11) is 0. The molecule has 1 N–H and O–H groups in total. The van der Waals surface area contributed by atoms with Gasteiger partial charge in [-0.1, -0.05) is 60.2 Å². The lowest BCUT2D eigenvalue weighted by atomic mass is 9.96. The molecule has 0 spiro atoms. The molecule has 0 radical (unpaired) electrons. The van der Waals surface area contributed by atoms with Crippen LogP contribution in [0.2, 0.25) is 0 Å². The van der Waals surface area contributed by atoms with Gasteiger partial charge in [0, 0.05) is 36.2 Å². The number of phenolic OH excluding ortho intramolecular Hbond substituents is 1. The van der Waals surface area contributed by atoms with Crippen molar-refractivity contribution < 1.29 is 9.90 Å². The summed E-state index contributed by atoms with van der Waals surface area (Å²) in [5.41, 5.74) is 6.41. The average molecular weight is 437 g/mol. The number of benzene rings is 3. The van der Waals surface area contributed by atoms with E-state index in [0.29, 0.717) is 6.42 Å². The second-order valence-corrected chi connectivity index (χ2v) is 8.26. The van der Waals surface area contributed by atoms with Crippen LogP contribution in [0.5, 0.6) is 5.75 Å². The summed E-state index contributed by atoms with van der Waals surface area (Å²) in [5, 5.41) is 21.0. The van der Waals surface area contributed by atoms with Gasteiger partial charge in [-0.3, -0.25) is 4.79 Å². The molecule has 0 bridgehead atoms. The van der Waals surface area contributed by atoms with Crippen LogP contribution in [-0.2, 0) is 4.79 Å². The van der Waals surface area contributed by atoms with Crippen molar-refractivity contribution in [1.82, 2.24) is 14.8 Å². The van der Waals surface area contributed by atoms with Crippen LogP contribution in [-0.4, -0.2) is 31.5 Å². The molecule has 6 nitrogen and oxygen atoms in total. The molecule has 5 rings (SSSR count). The molecule has 1 aliphatic heterocycles. The van der Waals surface area contributed by atoms with E-state index in [2.05, 4.69) is 36.3 Å². The highest BCUT2D eigenvalue weighted by atomic mass is 16.3. The summed E-state index contributed by atoms with van der Waals surface area (Å²) >= 11 is 0. The highest BCUT2D eigenvalue weighted by Gasteiger charge is 2.34. The Balaban J connectivity index is 1.62. The largest absolute Gasteiger partial charge is 0.508 e. The van der Waals surface area contributed by atoms with Crippen LogP contribution in [0, 0.1) is 6.92 Å². The lowest BCUT2D eigenvalue weighted by Gasteiger charge is -2.20. The zero-order chi connectivity index (χ0) is 22.9. The molecule has 164 valence electrons. The normalized spacial score (nSPS) is 15.5. The zero-order valence-corrected chi connectivity index (χ0v) is 18.5. The van der Waals surface area contributed by atoms with Crippen molar-refractivity contribution in [2.75, 3.05) is 0 Å². The Kier molecular flexibility index (Phi) is 5.26. The molecule has 1 aromatic heterocycles. The highest BCUT2D eigenvalue weighted by Crippen LogP contribution is 2.38. The van der Waals surface area contributed by atoms with Crippen LogP contribution >= 0.6 is 0 Å². The van der Waals surface area contributed by atoms with Crippen LogP contribution in [0.4, 0.5) is 0 Å². The maximum absolute atomic E-state index is 12.6. The first-order chi connectivity index (χ1) is 16.0. The predicted octanol–water partition coefficient (Wildman–Crippen LogP) is 5.25. The van der Waals surface area contributed by atoms with Crippen molar-refractivity contribution in [2.45, 2.75) is 26.3 Å². The summed E-state index contributed by atoms with van der Waals surface area (Å²) in [6.45, 7) is 3.58. The van der Waals surface area contributed by atoms with Crippen molar-refractivity contribution >= 4 is 11.6 Å². The number of phenols is 1. The molecule has 1 amide bonds. The zero-order valence-electron chi connectivity index (χ0n) is 18.5. The fraction of sp³-hybridized carbons (Fsp3) is 0.148. The number of para-hydroxylation sites is 1. The molecule has 1 aliphatic rings. The van der Waals surface area contributed by atoms with Gasteiger partial charge in [0.05, 0.1) is 23.1 Å². The number of hydrazone groups is 1. The van der Waals surface area contributed by atoms with Gasteiger partial charge in [-0.05, 0) is 31.2 Å². The Labute approximate surface area is 192 Å². The minimum absolute atomic E-state index is 0.141. The van der Waals surface area contributed by atoms with Gasteiger partial charge in [-0.15, -0.1) is 0 Å². The van der Waals surface area contributed by atoms with Gasteiger partial charge in [0.1, 0.15) is 5.75 Å². The fourth-order valence-electron chi connectivity index (χ4n) is 4.18. The third-order valence-electron chi connectivity index (χ3n) is 5.86. The van der Waals surface area contributed by atoms with Crippen LogP contribution < -0.4 is 0 Å². The van der Waals surface area contributed by atoms with Gasteiger partial charge < -0.3 is 5.11 Å². The second kappa shape index (κ2) is 8.39. The van der Waals surface area contributed by atoms with E-state index in [1.165, 1.54) is 17.5 Å². The minimum atomic E-state index is -0.298. The van der Waals surface area contributed by atoms with Crippen molar-refractivity contribution in [1.29, 1.82) is 0 Å². The number of rotatable bonds is 4. The third-order valence-corrected chi connectivity index (χ3v) is 5.86. The molecule has 33 heavy (non-hydrogen) atoms. The number of amides is 1. The van der Waals surface area contributed by atoms with E-state index in [4.69, 9.17) is 5.10 Å². The first-order valence-corrected chi connectivity index (χ1v) is 10.9. The van der Waals surface area contributed by atoms with Crippen molar-refractivity contribution in [3.05, 3.63) is 102 Å². The van der Waals surface area contributed by atoms with Crippen LogP contribution in [0.3, 0.4) is 0 Å². The number of hydrogen-bond donors (Lipinski definition) is 1. The van der Waals surface area contributed by atoms with Crippen LogP contribution in [0.25, 0.3) is 16.9 Å². The number of aromatic hydroxyl groups is 1. The monoisotopic (exact) mass is 436 g/mol. The highest BCUT2D eigenvalue weighted by molar-refractivity contribution is 6.03. The van der Waals surface area contributed by atoms with Gasteiger partial charge in [-0.2, -0.15) is 10.2 Å². The second-order valence-electron chi connectivity index (χ2n) is 8.26. The van der Waals surface area contributed by atoms with E-state index in [1.54, 1.807) is 18.2 Å². The molecular formula is C27H24N4O2. The molecule has 1 atom stereocenters.